The summed E-state index contributed by atoms with van der Waals surface area (Å²) in [4.78, 5) is 14.6. The Bertz CT molecular complexity index is 801. The maximum atomic E-state index is 13.8. The van der Waals surface area contributed by atoms with E-state index in [1.807, 2.05) is 30.3 Å². The summed E-state index contributed by atoms with van der Waals surface area (Å²) in [7, 11) is 0. The highest BCUT2D eigenvalue weighted by atomic mass is 19.1. The first-order valence-electron chi connectivity index (χ1n) is 9.96. The van der Waals surface area contributed by atoms with Gasteiger partial charge >= 0.3 is 0 Å². The third-order valence-electron chi connectivity index (χ3n) is 5.46. The quantitative estimate of drug-likeness (QED) is 0.738. The van der Waals surface area contributed by atoms with Crippen molar-refractivity contribution in [2.45, 2.75) is 33.2 Å². The van der Waals surface area contributed by atoms with Crippen molar-refractivity contribution in [3.8, 4) is 5.75 Å². The van der Waals surface area contributed by atoms with Crippen LogP contribution in [0.15, 0.2) is 42.5 Å². The molecule has 0 unspecified atom stereocenters. The molecule has 0 atom stereocenters. The van der Waals surface area contributed by atoms with Crippen molar-refractivity contribution in [1.29, 1.82) is 0 Å². The molecular formula is C23H29FN2O2. The molecule has 1 saturated heterocycles. The predicted octanol–water partition coefficient (Wildman–Crippen LogP) is 3.85. The van der Waals surface area contributed by atoms with Crippen LogP contribution in [0.4, 0.5) is 4.39 Å². The van der Waals surface area contributed by atoms with Crippen LogP contribution in [0.2, 0.25) is 0 Å². The molecule has 28 heavy (non-hydrogen) atoms. The monoisotopic (exact) mass is 384 g/mol. The Hall–Kier alpha value is -2.40. The zero-order valence-electron chi connectivity index (χ0n) is 16.7. The number of ether oxygens (including phenoxy) is 1. The lowest BCUT2D eigenvalue weighted by molar-refractivity contribution is -0.126. The van der Waals surface area contributed by atoms with Gasteiger partial charge in [0.2, 0.25) is 5.91 Å². The SMILES string of the molecule is Cc1ccc(OCCNC(=O)C2CCN(Cc3ccccc3F)CC2)cc1C. The number of halogens is 1. The van der Waals surface area contributed by atoms with E-state index in [2.05, 4.69) is 24.1 Å². The topological polar surface area (TPSA) is 41.6 Å². The Morgan fingerprint density at radius 3 is 2.61 bits per heavy atom. The molecule has 1 aliphatic rings. The van der Waals surface area contributed by atoms with Crippen molar-refractivity contribution in [3.05, 3.63) is 65.0 Å². The van der Waals surface area contributed by atoms with Gasteiger partial charge in [-0.2, -0.15) is 0 Å². The fourth-order valence-corrected chi connectivity index (χ4v) is 3.51. The molecule has 4 nitrogen and oxygen atoms in total. The maximum Gasteiger partial charge on any atom is 0.223 e. The summed E-state index contributed by atoms with van der Waals surface area (Å²) in [5.74, 6) is 0.789. The molecule has 0 bridgehead atoms. The second-order valence-electron chi connectivity index (χ2n) is 7.53. The van der Waals surface area contributed by atoms with Crippen LogP contribution < -0.4 is 10.1 Å². The largest absolute Gasteiger partial charge is 0.492 e. The molecule has 1 N–H and O–H groups in total. The lowest BCUT2D eigenvalue weighted by Crippen LogP contribution is -2.41. The van der Waals surface area contributed by atoms with Crippen molar-refractivity contribution < 1.29 is 13.9 Å². The lowest BCUT2D eigenvalue weighted by Gasteiger charge is -2.31. The lowest BCUT2D eigenvalue weighted by atomic mass is 9.95. The van der Waals surface area contributed by atoms with E-state index in [1.165, 1.54) is 17.2 Å². The van der Waals surface area contributed by atoms with Crippen LogP contribution in [-0.2, 0) is 11.3 Å². The standard InChI is InChI=1S/C23H29FN2O2/c1-17-7-8-21(15-18(17)2)28-14-11-25-23(27)19-9-12-26(13-10-19)16-20-5-3-4-6-22(20)24/h3-8,15,19H,9-14,16H2,1-2H3,(H,25,27). The number of rotatable bonds is 7. The Balaban J connectivity index is 1.36. The first-order chi connectivity index (χ1) is 13.5. The van der Waals surface area contributed by atoms with Crippen LogP contribution in [0, 0.1) is 25.6 Å². The average molecular weight is 384 g/mol. The number of amides is 1. The number of carbonyl (C=O) groups excluding carboxylic acids is 1. The number of nitrogens with one attached hydrogen (secondary N) is 1. The summed E-state index contributed by atoms with van der Waals surface area (Å²) in [5.41, 5.74) is 3.15. The Kier molecular flexibility index (Phi) is 7.04. The third-order valence-corrected chi connectivity index (χ3v) is 5.46. The normalized spacial score (nSPS) is 15.4. The molecule has 3 rings (SSSR count). The molecule has 0 aliphatic carbocycles. The molecule has 0 spiro atoms. The van der Waals surface area contributed by atoms with Crippen molar-refractivity contribution in [1.82, 2.24) is 10.2 Å². The molecular weight excluding hydrogens is 355 g/mol. The zero-order valence-corrected chi connectivity index (χ0v) is 16.7. The number of aryl methyl sites for hydroxylation is 2. The van der Waals surface area contributed by atoms with Crippen molar-refractivity contribution >= 4 is 5.91 Å². The fourth-order valence-electron chi connectivity index (χ4n) is 3.51. The van der Waals surface area contributed by atoms with Crippen molar-refractivity contribution in [3.63, 3.8) is 0 Å². The minimum Gasteiger partial charge on any atom is -0.492 e. The van der Waals surface area contributed by atoms with E-state index in [9.17, 15) is 9.18 Å². The van der Waals surface area contributed by atoms with E-state index >= 15 is 0 Å². The Morgan fingerprint density at radius 1 is 1.14 bits per heavy atom. The third kappa shape index (κ3) is 5.55. The molecule has 0 saturated carbocycles. The van der Waals surface area contributed by atoms with Gasteiger partial charge in [0.15, 0.2) is 0 Å². The molecule has 1 fully saturated rings. The molecule has 2 aromatic rings. The number of hydrogen-bond donors (Lipinski definition) is 1. The van der Waals surface area contributed by atoms with Gasteiger partial charge in [-0.1, -0.05) is 24.3 Å². The zero-order chi connectivity index (χ0) is 19.9. The summed E-state index contributed by atoms with van der Waals surface area (Å²) in [5, 5.41) is 2.98. The number of nitrogens with zero attached hydrogens (tertiary/aromatic N) is 1. The van der Waals surface area contributed by atoms with Gasteiger partial charge in [-0.3, -0.25) is 9.69 Å². The Morgan fingerprint density at radius 2 is 1.89 bits per heavy atom. The van der Waals surface area contributed by atoms with Crippen LogP contribution in [0.3, 0.4) is 0 Å². The summed E-state index contributed by atoms with van der Waals surface area (Å²) < 4.78 is 19.5. The molecule has 5 heteroatoms. The summed E-state index contributed by atoms with van der Waals surface area (Å²) in [6.45, 7) is 7.31. The molecule has 1 heterocycles. The van der Waals surface area contributed by atoms with E-state index in [-0.39, 0.29) is 17.6 Å². The first-order valence-corrected chi connectivity index (χ1v) is 9.96. The summed E-state index contributed by atoms with van der Waals surface area (Å²) in [6.07, 6.45) is 1.61. The van der Waals surface area contributed by atoms with Gasteiger partial charge in [-0.25, -0.2) is 4.39 Å². The van der Waals surface area contributed by atoms with Gasteiger partial charge in [-0.15, -0.1) is 0 Å². The Labute approximate surface area is 166 Å². The molecule has 1 aliphatic heterocycles. The van der Waals surface area contributed by atoms with E-state index in [1.54, 1.807) is 6.07 Å². The van der Waals surface area contributed by atoms with E-state index in [4.69, 9.17) is 4.74 Å². The predicted molar refractivity (Wildman–Crippen MR) is 109 cm³/mol. The van der Waals surface area contributed by atoms with Crippen LogP contribution >= 0.6 is 0 Å². The molecule has 2 aromatic carbocycles. The van der Waals surface area contributed by atoms with Gasteiger partial charge in [-0.05, 0) is 69.1 Å². The highest BCUT2D eigenvalue weighted by Crippen LogP contribution is 2.20. The number of benzene rings is 2. The smallest absolute Gasteiger partial charge is 0.223 e. The van der Waals surface area contributed by atoms with E-state index < -0.39 is 0 Å². The van der Waals surface area contributed by atoms with Crippen LogP contribution in [0.1, 0.15) is 29.5 Å². The van der Waals surface area contributed by atoms with Crippen molar-refractivity contribution in [2.24, 2.45) is 5.92 Å². The molecule has 0 radical (unpaired) electrons. The van der Waals surface area contributed by atoms with Crippen LogP contribution in [0.25, 0.3) is 0 Å². The van der Waals surface area contributed by atoms with Gasteiger partial charge in [0.25, 0.3) is 0 Å². The summed E-state index contributed by atoms with van der Waals surface area (Å²) in [6, 6.07) is 12.9. The van der Waals surface area contributed by atoms with Gasteiger partial charge in [0.1, 0.15) is 18.2 Å². The van der Waals surface area contributed by atoms with Crippen LogP contribution in [0.5, 0.6) is 5.75 Å². The fraction of sp³-hybridized carbons (Fsp3) is 0.435. The maximum absolute atomic E-state index is 13.8. The number of likely N-dealkylation sites (tertiary alicyclic amines) is 1. The van der Waals surface area contributed by atoms with Gasteiger partial charge in [0, 0.05) is 18.0 Å². The summed E-state index contributed by atoms with van der Waals surface area (Å²) >= 11 is 0. The highest BCUT2D eigenvalue weighted by Gasteiger charge is 2.25. The number of piperidine rings is 1. The van der Waals surface area contributed by atoms with E-state index in [0.717, 1.165) is 31.7 Å². The van der Waals surface area contributed by atoms with Crippen LogP contribution in [-0.4, -0.2) is 37.0 Å². The number of hydrogen-bond acceptors (Lipinski definition) is 3. The number of carbonyl (C=O) groups is 1. The average Bonchev–Trinajstić information content (AvgIpc) is 2.70. The second-order valence-corrected chi connectivity index (χ2v) is 7.53. The first kappa shape index (κ1) is 20.3. The molecule has 0 aromatic heterocycles. The molecule has 1 amide bonds. The van der Waals surface area contributed by atoms with Crippen molar-refractivity contribution in [2.75, 3.05) is 26.2 Å². The van der Waals surface area contributed by atoms with Gasteiger partial charge < -0.3 is 10.1 Å². The molecule has 150 valence electrons. The highest BCUT2D eigenvalue weighted by molar-refractivity contribution is 5.78. The van der Waals surface area contributed by atoms with E-state index in [0.29, 0.717) is 25.3 Å². The minimum atomic E-state index is -0.161. The second kappa shape index (κ2) is 9.69. The minimum absolute atomic E-state index is 0.0264. The van der Waals surface area contributed by atoms with Gasteiger partial charge in [0.05, 0.1) is 6.54 Å².